The zero-order valence-electron chi connectivity index (χ0n) is 12.1. The lowest BCUT2D eigenvalue weighted by Gasteiger charge is -2.09. The second kappa shape index (κ2) is 6.30. The number of halogens is 1. The number of carboxylic acid groups (broad SMARTS) is 1. The van der Waals surface area contributed by atoms with Gasteiger partial charge in [0.15, 0.2) is 5.78 Å². The average molecular weight is 303 g/mol. The fourth-order valence-electron chi connectivity index (χ4n) is 1.97. The third-order valence-electron chi connectivity index (χ3n) is 3.08. The Labute approximate surface area is 126 Å². The number of ketones is 1. The van der Waals surface area contributed by atoms with E-state index in [1.54, 1.807) is 13.8 Å². The number of carbonyl (C=O) groups excluding carboxylic acids is 1. The minimum absolute atomic E-state index is 0.0586. The summed E-state index contributed by atoms with van der Waals surface area (Å²) in [6, 6.07) is 4.40. The molecule has 6 nitrogen and oxygen atoms in total. The molecular formula is C15H14FN3O3. The summed E-state index contributed by atoms with van der Waals surface area (Å²) in [5.74, 6) is -1.17. The number of hydrogen-bond acceptors (Lipinski definition) is 4. The first-order valence-corrected chi connectivity index (χ1v) is 6.59. The van der Waals surface area contributed by atoms with Crippen molar-refractivity contribution in [3.63, 3.8) is 0 Å². The topological polar surface area (TPSA) is 92.2 Å². The summed E-state index contributed by atoms with van der Waals surface area (Å²) in [6.07, 6.45) is 0.328. The molecule has 22 heavy (non-hydrogen) atoms. The zero-order valence-corrected chi connectivity index (χ0v) is 12.1. The summed E-state index contributed by atoms with van der Waals surface area (Å²) in [7, 11) is 0. The van der Waals surface area contributed by atoms with E-state index in [0.717, 1.165) is 0 Å². The molecule has 0 spiro atoms. The minimum atomic E-state index is -1.22. The number of amides is 1. The van der Waals surface area contributed by atoms with Crippen LogP contribution in [0.2, 0.25) is 0 Å². The van der Waals surface area contributed by atoms with Crippen molar-refractivity contribution in [2.75, 3.05) is 5.32 Å². The van der Waals surface area contributed by atoms with Crippen LogP contribution in [0.5, 0.6) is 0 Å². The normalized spacial score (nSPS) is 10.3. The maximum atomic E-state index is 14.0. The van der Waals surface area contributed by atoms with Gasteiger partial charge in [0, 0.05) is 17.7 Å². The Morgan fingerprint density at radius 1 is 1.36 bits per heavy atom. The van der Waals surface area contributed by atoms with Crippen molar-refractivity contribution >= 4 is 17.6 Å². The minimum Gasteiger partial charge on any atom is -0.465 e. The van der Waals surface area contributed by atoms with Gasteiger partial charge in [-0.1, -0.05) is 6.92 Å². The fourth-order valence-corrected chi connectivity index (χ4v) is 1.97. The van der Waals surface area contributed by atoms with Crippen LogP contribution < -0.4 is 5.32 Å². The van der Waals surface area contributed by atoms with Gasteiger partial charge < -0.3 is 5.11 Å². The Bertz CT molecular complexity index is 747. The predicted molar refractivity (Wildman–Crippen MR) is 78.4 cm³/mol. The van der Waals surface area contributed by atoms with Crippen LogP contribution in [0, 0.1) is 12.9 Å². The van der Waals surface area contributed by atoms with Crippen LogP contribution in [0.15, 0.2) is 24.4 Å². The van der Waals surface area contributed by atoms with Gasteiger partial charge in [0.2, 0.25) is 5.95 Å². The molecule has 2 rings (SSSR count). The highest BCUT2D eigenvalue weighted by atomic mass is 19.1. The zero-order chi connectivity index (χ0) is 16.3. The van der Waals surface area contributed by atoms with E-state index in [1.165, 1.54) is 24.4 Å². The number of nitrogens with one attached hydrogen (secondary N) is 1. The van der Waals surface area contributed by atoms with Gasteiger partial charge in [0.1, 0.15) is 0 Å². The lowest BCUT2D eigenvalue weighted by atomic mass is 10.1. The second-order valence-electron chi connectivity index (χ2n) is 4.60. The highest BCUT2D eigenvalue weighted by Crippen LogP contribution is 2.24. The van der Waals surface area contributed by atoms with Crippen molar-refractivity contribution in [1.29, 1.82) is 0 Å². The smallest absolute Gasteiger partial charge is 0.409 e. The molecule has 2 heterocycles. The molecule has 0 bridgehead atoms. The van der Waals surface area contributed by atoms with Gasteiger partial charge in [-0.25, -0.2) is 9.78 Å². The summed E-state index contributed by atoms with van der Waals surface area (Å²) in [4.78, 5) is 30.1. The summed E-state index contributed by atoms with van der Waals surface area (Å²) < 4.78 is 14.0. The number of rotatable bonds is 4. The van der Waals surface area contributed by atoms with Gasteiger partial charge in [0.25, 0.3) is 0 Å². The number of hydrogen-bond donors (Lipinski definition) is 2. The van der Waals surface area contributed by atoms with Crippen LogP contribution in [0.25, 0.3) is 11.3 Å². The predicted octanol–water partition coefficient (Wildman–Crippen LogP) is 3.27. The van der Waals surface area contributed by atoms with Gasteiger partial charge in [-0.3, -0.25) is 15.1 Å². The molecule has 0 aliphatic heterocycles. The van der Waals surface area contributed by atoms with E-state index < -0.39 is 12.0 Å². The Balaban J connectivity index is 2.45. The summed E-state index contributed by atoms with van der Waals surface area (Å²) in [6.45, 7) is 3.34. The molecule has 0 aliphatic carbocycles. The highest BCUT2D eigenvalue weighted by Gasteiger charge is 2.14. The molecule has 1 amide bonds. The van der Waals surface area contributed by atoms with Crippen LogP contribution in [-0.4, -0.2) is 27.0 Å². The quantitative estimate of drug-likeness (QED) is 0.668. The van der Waals surface area contributed by atoms with Crippen molar-refractivity contribution in [3.05, 3.63) is 41.6 Å². The van der Waals surface area contributed by atoms with Gasteiger partial charge >= 0.3 is 6.09 Å². The first kappa shape index (κ1) is 15.6. The van der Waals surface area contributed by atoms with E-state index in [0.29, 0.717) is 11.3 Å². The molecule has 114 valence electrons. The first-order chi connectivity index (χ1) is 10.4. The van der Waals surface area contributed by atoms with E-state index in [1.807, 2.05) is 0 Å². The summed E-state index contributed by atoms with van der Waals surface area (Å²) >= 11 is 0. The molecule has 2 aromatic rings. The molecule has 0 radical (unpaired) electrons. The molecule has 0 saturated heterocycles. The Morgan fingerprint density at radius 3 is 2.68 bits per heavy atom. The Morgan fingerprint density at radius 2 is 2.09 bits per heavy atom. The molecule has 0 atom stereocenters. The number of carbonyl (C=O) groups is 2. The number of Topliss-reactive ketones (excluding diaryl/α,β-unsaturated/α-hetero) is 1. The van der Waals surface area contributed by atoms with Gasteiger partial charge in [-0.05, 0) is 25.1 Å². The van der Waals surface area contributed by atoms with Gasteiger partial charge in [0.05, 0.1) is 23.1 Å². The van der Waals surface area contributed by atoms with E-state index in [4.69, 9.17) is 5.11 Å². The van der Waals surface area contributed by atoms with E-state index >= 15 is 0 Å². The third kappa shape index (κ3) is 3.25. The van der Waals surface area contributed by atoms with Crippen LogP contribution in [-0.2, 0) is 0 Å². The Hall–Kier alpha value is -2.83. The van der Waals surface area contributed by atoms with Crippen LogP contribution in [0.4, 0.5) is 14.9 Å². The average Bonchev–Trinajstić information content (AvgIpc) is 2.48. The number of aryl methyl sites for hydroxylation is 1. The molecular weight excluding hydrogens is 289 g/mol. The van der Waals surface area contributed by atoms with Crippen molar-refractivity contribution in [2.45, 2.75) is 20.3 Å². The number of nitrogens with zero attached hydrogens (tertiary/aromatic N) is 2. The molecule has 0 fully saturated rings. The summed E-state index contributed by atoms with van der Waals surface area (Å²) in [5, 5.41) is 10.9. The fraction of sp³-hybridized carbons (Fsp3) is 0.200. The van der Waals surface area contributed by atoms with Crippen molar-refractivity contribution < 1.29 is 19.1 Å². The van der Waals surface area contributed by atoms with Crippen LogP contribution >= 0.6 is 0 Å². The number of pyridine rings is 2. The largest absolute Gasteiger partial charge is 0.465 e. The SMILES string of the molecule is CCC(=O)c1ccc(-c2cc(NC(=O)O)cnc2C)nc1F. The van der Waals surface area contributed by atoms with Crippen molar-refractivity contribution in [2.24, 2.45) is 0 Å². The highest BCUT2D eigenvalue weighted by molar-refractivity contribution is 5.96. The first-order valence-electron chi connectivity index (χ1n) is 6.59. The maximum Gasteiger partial charge on any atom is 0.409 e. The summed E-state index contributed by atoms with van der Waals surface area (Å²) in [5.41, 5.74) is 1.53. The van der Waals surface area contributed by atoms with Gasteiger partial charge in [-0.15, -0.1) is 0 Å². The van der Waals surface area contributed by atoms with E-state index in [2.05, 4.69) is 15.3 Å². The van der Waals surface area contributed by atoms with Crippen molar-refractivity contribution in [3.8, 4) is 11.3 Å². The third-order valence-corrected chi connectivity index (χ3v) is 3.08. The van der Waals surface area contributed by atoms with Crippen molar-refractivity contribution in [1.82, 2.24) is 9.97 Å². The van der Waals surface area contributed by atoms with E-state index in [-0.39, 0.29) is 29.1 Å². The molecule has 0 aliphatic rings. The molecule has 2 aromatic heterocycles. The maximum absolute atomic E-state index is 14.0. The van der Waals surface area contributed by atoms with E-state index in [9.17, 15) is 14.0 Å². The van der Waals surface area contributed by atoms with Crippen LogP contribution in [0.1, 0.15) is 29.4 Å². The molecule has 2 N–H and O–H groups in total. The standard InChI is InChI=1S/C15H14FN3O3/c1-3-13(20)10-4-5-12(19-14(10)16)11-6-9(18-15(21)22)7-17-8(11)2/h4-7,18H,3H2,1-2H3,(H,21,22). The molecule has 0 saturated carbocycles. The molecule has 0 aromatic carbocycles. The molecule has 7 heteroatoms. The monoisotopic (exact) mass is 303 g/mol. The lowest BCUT2D eigenvalue weighted by molar-refractivity contribution is 0.0983. The Kier molecular flexibility index (Phi) is 4.45. The number of aromatic nitrogens is 2. The van der Waals surface area contributed by atoms with Crippen LogP contribution in [0.3, 0.4) is 0 Å². The second-order valence-corrected chi connectivity index (χ2v) is 4.60. The lowest BCUT2D eigenvalue weighted by Crippen LogP contribution is -2.08. The number of anilines is 1. The van der Waals surface area contributed by atoms with Gasteiger partial charge in [-0.2, -0.15) is 4.39 Å². The molecule has 0 unspecified atom stereocenters.